The molecule has 4 rings (SSSR count). The Hall–Kier alpha value is -2.90. The van der Waals surface area contributed by atoms with Crippen LogP contribution in [0.4, 0.5) is 5.69 Å². The van der Waals surface area contributed by atoms with Crippen molar-refractivity contribution in [3.8, 4) is 0 Å². The van der Waals surface area contributed by atoms with Gasteiger partial charge in [-0.2, -0.15) is 0 Å². The number of fused-ring (bicyclic) bond motifs is 1. The number of anilines is 1. The summed E-state index contributed by atoms with van der Waals surface area (Å²) in [5.41, 5.74) is 2.57. The average Bonchev–Trinajstić information content (AvgIpc) is 3.50. The molecular weight excluding hydrogens is 390 g/mol. The average molecular weight is 424 g/mol. The van der Waals surface area contributed by atoms with E-state index in [0.717, 1.165) is 63.8 Å². The number of aromatic nitrogens is 3. The maximum absolute atomic E-state index is 12.0. The highest BCUT2D eigenvalue weighted by Crippen LogP contribution is 2.38. The van der Waals surface area contributed by atoms with Gasteiger partial charge in [-0.3, -0.25) is 9.79 Å². The van der Waals surface area contributed by atoms with Gasteiger partial charge in [0.25, 0.3) is 0 Å². The molecule has 1 saturated heterocycles. The summed E-state index contributed by atoms with van der Waals surface area (Å²) in [5, 5.41) is 11.6. The Labute approximate surface area is 184 Å². The van der Waals surface area contributed by atoms with Crippen LogP contribution >= 0.6 is 0 Å². The molecule has 166 valence electrons. The Balaban J connectivity index is 1.47. The van der Waals surface area contributed by atoms with E-state index in [4.69, 9.17) is 4.99 Å². The summed E-state index contributed by atoms with van der Waals surface area (Å²) in [7, 11) is 0. The fourth-order valence-electron chi connectivity index (χ4n) is 4.59. The van der Waals surface area contributed by atoms with Gasteiger partial charge in [-0.25, -0.2) is 0 Å². The number of likely N-dealkylation sites (tertiary alicyclic amines) is 1. The van der Waals surface area contributed by atoms with Crippen molar-refractivity contribution in [2.75, 3.05) is 37.6 Å². The van der Waals surface area contributed by atoms with Gasteiger partial charge < -0.3 is 19.7 Å². The van der Waals surface area contributed by atoms with Crippen LogP contribution in [0.5, 0.6) is 0 Å². The van der Waals surface area contributed by atoms with Crippen molar-refractivity contribution in [2.45, 2.75) is 52.0 Å². The van der Waals surface area contributed by atoms with E-state index < -0.39 is 0 Å². The molecule has 2 aliphatic rings. The van der Waals surface area contributed by atoms with Crippen molar-refractivity contribution >= 4 is 17.6 Å². The van der Waals surface area contributed by atoms with Crippen molar-refractivity contribution in [3.05, 3.63) is 42.0 Å². The van der Waals surface area contributed by atoms with Crippen LogP contribution in [-0.4, -0.2) is 64.3 Å². The maximum atomic E-state index is 12.0. The largest absolute Gasteiger partial charge is 0.356 e. The van der Waals surface area contributed by atoms with E-state index >= 15 is 0 Å². The van der Waals surface area contributed by atoms with Gasteiger partial charge in [-0.15, -0.1) is 10.2 Å². The summed E-state index contributed by atoms with van der Waals surface area (Å²) in [5.74, 6) is 2.61. The molecule has 1 aromatic heterocycles. The molecule has 0 radical (unpaired) electrons. The third-order valence-electron chi connectivity index (χ3n) is 6.19. The van der Waals surface area contributed by atoms with E-state index in [0.29, 0.717) is 24.8 Å². The molecule has 1 fully saturated rings. The molecule has 1 amide bonds. The standard InChI is InChI=1S/C23H33N7O/c1-3-21-27-26-17-29(21)15-12-25-23(24-4-2)30-16-18(19-8-5-6-9-20(19)30)11-14-28-13-7-10-22(28)31/h5-6,8-9,17-18H,3-4,7,10-16H2,1-2H3,(H,24,25). The van der Waals surface area contributed by atoms with Crippen LogP contribution in [0, 0.1) is 0 Å². The highest BCUT2D eigenvalue weighted by Gasteiger charge is 2.32. The van der Waals surface area contributed by atoms with E-state index in [9.17, 15) is 4.79 Å². The van der Waals surface area contributed by atoms with Gasteiger partial charge in [0.1, 0.15) is 12.2 Å². The number of benzene rings is 1. The van der Waals surface area contributed by atoms with Crippen LogP contribution in [0.1, 0.15) is 50.4 Å². The molecule has 1 atom stereocenters. The summed E-state index contributed by atoms with van der Waals surface area (Å²) in [6.45, 7) is 9.07. The molecule has 0 bridgehead atoms. The van der Waals surface area contributed by atoms with Crippen LogP contribution in [-0.2, 0) is 17.8 Å². The van der Waals surface area contributed by atoms with E-state index in [2.05, 4.69) is 63.1 Å². The number of aryl methyl sites for hydroxylation is 1. The van der Waals surface area contributed by atoms with Gasteiger partial charge in [0.2, 0.25) is 5.91 Å². The molecule has 3 heterocycles. The molecule has 0 spiro atoms. The topological polar surface area (TPSA) is 78.7 Å². The van der Waals surface area contributed by atoms with Gasteiger partial charge in [-0.05, 0) is 31.4 Å². The number of amides is 1. The monoisotopic (exact) mass is 423 g/mol. The van der Waals surface area contributed by atoms with Crippen molar-refractivity contribution < 1.29 is 4.79 Å². The van der Waals surface area contributed by atoms with E-state index in [1.165, 1.54) is 11.3 Å². The van der Waals surface area contributed by atoms with Crippen molar-refractivity contribution in [3.63, 3.8) is 0 Å². The summed E-state index contributed by atoms with van der Waals surface area (Å²) in [4.78, 5) is 21.3. The molecule has 0 aliphatic carbocycles. The number of para-hydroxylation sites is 1. The predicted octanol–water partition coefficient (Wildman–Crippen LogP) is 2.42. The van der Waals surface area contributed by atoms with Crippen LogP contribution in [0.15, 0.2) is 35.6 Å². The fraction of sp³-hybridized carbons (Fsp3) is 0.565. The number of rotatable bonds is 8. The lowest BCUT2D eigenvalue weighted by Crippen LogP contribution is -2.41. The van der Waals surface area contributed by atoms with Crippen molar-refractivity contribution in [1.82, 2.24) is 25.0 Å². The zero-order valence-electron chi connectivity index (χ0n) is 18.6. The predicted molar refractivity (Wildman–Crippen MR) is 122 cm³/mol. The number of nitrogens with one attached hydrogen (secondary N) is 1. The minimum Gasteiger partial charge on any atom is -0.356 e. The highest BCUT2D eigenvalue weighted by atomic mass is 16.2. The Morgan fingerprint density at radius 3 is 2.90 bits per heavy atom. The second-order valence-electron chi connectivity index (χ2n) is 8.17. The summed E-state index contributed by atoms with van der Waals surface area (Å²) >= 11 is 0. The second kappa shape index (κ2) is 9.94. The van der Waals surface area contributed by atoms with E-state index in [1.807, 2.05) is 4.90 Å². The third kappa shape index (κ3) is 4.73. The van der Waals surface area contributed by atoms with Gasteiger partial charge in [0.15, 0.2) is 5.96 Å². The first-order valence-corrected chi connectivity index (χ1v) is 11.5. The zero-order chi connectivity index (χ0) is 21.6. The van der Waals surface area contributed by atoms with Gasteiger partial charge in [0, 0.05) is 57.2 Å². The lowest BCUT2D eigenvalue weighted by atomic mass is 9.98. The molecule has 1 unspecified atom stereocenters. The van der Waals surface area contributed by atoms with Crippen molar-refractivity contribution in [1.29, 1.82) is 0 Å². The third-order valence-corrected chi connectivity index (χ3v) is 6.19. The molecule has 1 aromatic carbocycles. The number of aliphatic imine (C=N–C) groups is 1. The molecule has 1 N–H and O–H groups in total. The molecule has 2 aliphatic heterocycles. The smallest absolute Gasteiger partial charge is 0.222 e. The molecule has 31 heavy (non-hydrogen) atoms. The second-order valence-corrected chi connectivity index (χ2v) is 8.17. The molecular formula is C23H33N7O. The molecule has 8 heteroatoms. The number of carbonyl (C=O) groups is 1. The van der Waals surface area contributed by atoms with Gasteiger partial charge in [-0.1, -0.05) is 25.1 Å². The SMILES string of the molecule is CCNC(=NCCn1cnnc1CC)N1CC(CCN2CCCC2=O)c2ccccc21. The number of hydrogen-bond acceptors (Lipinski definition) is 4. The number of carbonyl (C=O) groups excluding carboxylic acids is 1. The summed E-state index contributed by atoms with van der Waals surface area (Å²) in [6.07, 6.45) is 5.33. The minimum absolute atomic E-state index is 0.304. The number of guanidine groups is 1. The summed E-state index contributed by atoms with van der Waals surface area (Å²) < 4.78 is 2.07. The maximum Gasteiger partial charge on any atom is 0.222 e. The van der Waals surface area contributed by atoms with Crippen molar-refractivity contribution in [2.24, 2.45) is 4.99 Å². The normalized spacial score (nSPS) is 18.7. The first-order chi connectivity index (χ1) is 15.2. The minimum atomic E-state index is 0.304. The highest BCUT2D eigenvalue weighted by molar-refractivity contribution is 5.98. The first kappa shape index (κ1) is 21.3. The lowest BCUT2D eigenvalue weighted by Gasteiger charge is -2.23. The van der Waals surface area contributed by atoms with Crippen LogP contribution in [0.25, 0.3) is 0 Å². The number of hydrogen-bond donors (Lipinski definition) is 1. The molecule has 8 nitrogen and oxygen atoms in total. The van der Waals surface area contributed by atoms with E-state index in [1.54, 1.807) is 6.33 Å². The fourth-order valence-corrected chi connectivity index (χ4v) is 4.59. The lowest BCUT2D eigenvalue weighted by molar-refractivity contribution is -0.127. The zero-order valence-corrected chi connectivity index (χ0v) is 18.6. The number of nitrogens with zero attached hydrogens (tertiary/aromatic N) is 6. The first-order valence-electron chi connectivity index (χ1n) is 11.5. The summed E-state index contributed by atoms with van der Waals surface area (Å²) in [6, 6.07) is 8.60. The Bertz CT molecular complexity index is 922. The molecule has 0 saturated carbocycles. The van der Waals surface area contributed by atoms with Gasteiger partial charge in [0.05, 0.1) is 6.54 Å². The van der Waals surface area contributed by atoms with Crippen LogP contribution in [0.2, 0.25) is 0 Å². The van der Waals surface area contributed by atoms with Gasteiger partial charge >= 0.3 is 0 Å². The Morgan fingerprint density at radius 1 is 1.26 bits per heavy atom. The Morgan fingerprint density at radius 2 is 2.13 bits per heavy atom. The van der Waals surface area contributed by atoms with E-state index in [-0.39, 0.29) is 0 Å². The van der Waals surface area contributed by atoms with Crippen LogP contribution in [0.3, 0.4) is 0 Å². The quantitative estimate of drug-likeness (QED) is 0.521. The Kier molecular flexibility index (Phi) is 6.84. The molecule has 2 aromatic rings. The van der Waals surface area contributed by atoms with Crippen LogP contribution < -0.4 is 10.2 Å².